The largest absolute Gasteiger partial charge is 0.444 e. The molecule has 0 spiro atoms. The second-order valence-electron chi connectivity index (χ2n) is 6.34. The lowest BCUT2D eigenvalue weighted by Gasteiger charge is -2.29. The number of carbonyl (C=O) groups excluding carboxylic acids is 1. The third-order valence-electron chi connectivity index (χ3n) is 3.33. The maximum absolute atomic E-state index is 11.7. The minimum Gasteiger partial charge on any atom is -0.444 e. The fourth-order valence-corrected chi connectivity index (χ4v) is 2.19. The molecule has 8 heteroatoms. The van der Waals surface area contributed by atoms with Crippen LogP contribution in [-0.4, -0.2) is 47.2 Å². The minimum atomic E-state index is -0.986. The van der Waals surface area contributed by atoms with Gasteiger partial charge in [-0.3, -0.25) is 0 Å². The Morgan fingerprint density at radius 3 is 2.57 bits per heavy atom. The average molecular weight is 300 g/mol. The van der Waals surface area contributed by atoms with E-state index in [9.17, 15) is 15.0 Å². The zero-order chi connectivity index (χ0) is 16.0. The lowest BCUT2D eigenvalue weighted by Crippen LogP contribution is -2.51. The van der Waals surface area contributed by atoms with E-state index in [0.717, 1.165) is 12.8 Å². The summed E-state index contributed by atoms with van der Waals surface area (Å²) in [6.45, 7) is 4.91. The fraction of sp³-hybridized carbons (Fsp3) is 0.923. The van der Waals surface area contributed by atoms with Crippen molar-refractivity contribution in [3.63, 3.8) is 0 Å². The normalized spacial score (nSPS) is 19.1. The summed E-state index contributed by atoms with van der Waals surface area (Å²) < 4.78 is 5.10. The van der Waals surface area contributed by atoms with Crippen LogP contribution in [-0.2, 0) is 4.74 Å². The molecule has 1 fully saturated rings. The van der Waals surface area contributed by atoms with Crippen molar-refractivity contribution in [2.45, 2.75) is 51.4 Å². The first-order valence-electron chi connectivity index (χ1n) is 7.07. The Morgan fingerprint density at radius 2 is 2.14 bits per heavy atom. The van der Waals surface area contributed by atoms with Crippen LogP contribution >= 0.6 is 0 Å². The fourth-order valence-electron chi connectivity index (χ4n) is 2.19. The minimum absolute atomic E-state index is 0.148. The molecular weight excluding hydrogens is 276 g/mol. The monoisotopic (exact) mass is 300 g/mol. The highest BCUT2D eigenvalue weighted by molar-refractivity contribution is 5.68. The van der Waals surface area contributed by atoms with Gasteiger partial charge in [0.25, 0.3) is 0 Å². The molecular formula is C13H24N4O4. The molecule has 0 aromatic carbocycles. The molecule has 3 unspecified atom stereocenters. The van der Waals surface area contributed by atoms with Crippen LogP contribution < -0.4 is 5.32 Å². The third-order valence-corrected chi connectivity index (χ3v) is 3.33. The number of hydrogen-bond donors (Lipinski definition) is 3. The number of aliphatic hydroxyl groups is 2. The zero-order valence-corrected chi connectivity index (χ0v) is 12.7. The van der Waals surface area contributed by atoms with E-state index in [-0.39, 0.29) is 18.4 Å². The third kappa shape index (κ3) is 6.20. The van der Waals surface area contributed by atoms with E-state index in [0.29, 0.717) is 0 Å². The van der Waals surface area contributed by atoms with Gasteiger partial charge in [-0.1, -0.05) is 5.11 Å². The molecule has 1 amide bonds. The summed E-state index contributed by atoms with van der Waals surface area (Å²) >= 11 is 0. The number of azide groups is 1. The Labute approximate surface area is 124 Å². The number of nitrogens with one attached hydrogen (secondary N) is 1. The van der Waals surface area contributed by atoms with Crippen molar-refractivity contribution in [2.24, 2.45) is 17.0 Å². The van der Waals surface area contributed by atoms with E-state index >= 15 is 0 Å². The van der Waals surface area contributed by atoms with Crippen molar-refractivity contribution in [3.8, 4) is 0 Å². The summed E-state index contributed by atoms with van der Waals surface area (Å²) in [5.41, 5.74) is 7.75. The molecule has 0 saturated heterocycles. The Kier molecular flexibility index (Phi) is 6.26. The first-order valence-corrected chi connectivity index (χ1v) is 7.07. The molecule has 1 aliphatic carbocycles. The van der Waals surface area contributed by atoms with Crippen molar-refractivity contribution in [1.82, 2.24) is 5.32 Å². The Balaban J connectivity index is 2.63. The van der Waals surface area contributed by atoms with Crippen molar-refractivity contribution in [3.05, 3.63) is 10.4 Å². The molecule has 1 rings (SSSR count). The molecule has 0 aromatic rings. The SMILES string of the molecule is CC(C)(C)OC(=O)NC(CO)C(O)C(CN=[N+]=[N-])C1CC1. The van der Waals surface area contributed by atoms with E-state index < -0.39 is 30.4 Å². The van der Waals surface area contributed by atoms with E-state index in [2.05, 4.69) is 15.3 Å². The van der Waals surface area contributed by atoms with Crippen molar-refractivity contribution in [1.29, 1.82) is 0 Å². The number of rotatable bonds is 7. The standard InChI is InChI=1S/C13H24N4O4/c1-13(2,3)21-12(20)16-10(7-18)11(19)9(6-15-17-14)8-4-5-8/h8-11,18-19H,4-7H2,1-3H3,(H,16,20). The van der Waals surface area contributed by atoms with Gasteiger partial charge in [0.2, 0.25) is 0 Å². The molecule has 0 radical (unpaired) electrons. The van der Waals surface area contributed by atoms with Crippen molar-refractivity contribution in [2.75, 3.05) is 13.2 Å². The van der Waals surface area contributed by atoms with Gasteiger partial charge in [-0.2, -0.15) is 0 Å². The Bertz CT molecular complexity index is 399. The molecule has 0 bridgehead atoms. The summed E-state index contributed by atoms with van der Waals surface area (Å²) in [6, 6.07) is -0.848. The number of aliphatic hydroxyl groups excluding tert-OH is 2. The number of ether oxygens (including phenoxy) is 1. The van der Waals surface area contributed by atoms with Crippen LogP contribution in [0.1, 0.15) is 33.6 Å². The molecule has 21 heavy (non-hydrogen) atoms. The second-order valence-corrected chi connectivity index (χ2v) is 6.34. The summed E-state index contributed by atoms with van der Waals surface area (Å²) in [6.07, 6.45) is 0.222. The van der Waals surface area contributed by atoms with Crippen LogP contribution in [0.2, 0.25) is 0 Å². The maximum Gasteiger partial charge on any atom is 0.408 e. The topological polar surface area (TPSA) is 128 Å². The highest BCUT2D eigenvalue weighted by atomic mass is 16.6. The summed E-state index contributed by atoms with van der Waals surface area (Å²) in [7, 11) is 0. The highest BCUT2D eigenvalue weighted by Crippen LogP contribution is 2.39. The molecule has 0 heterocycles. The van der Waals surface area contributed by atoms with Crippen LogP contribution in [0.15, 0.2) is 5.11 Å². The van der Waals surface area contributed by atoms with Gasteiger partial charge in [-0.15, -0.1) is 0 Å². The predicted molar refractivity (Wildman–Crippen MR) is 76.5 cm³/mol. The van der Waals surface area contributed by atoms with E-state index in [1.807, 2.05) is 0 Å². The van der Waals surface area contributed by atoms with Gasteiger partial charge in [0, 0.05) is 11.5 Å². The van der Waals surface area contributed by atoms with Gasteiger partial charge in [0.1, 0.15) is 5.60 Å². The molecule has 3 atom stereocenters. The van der Waals surface area contributed by atoms with Gasteiger partial charge >= 0.3 is 6.09 Å². The zero-order valence-electron chi connectivity index (χ0n) is 12.7. The Hall–Kier alpha value is -1.50. The molecule has 8 nitrogen and oxygen atoms in total. The number of hydrogen-bond acceptors (Lipinski definition) is 5. The van der Waals surface area contributed by atoms with Crippen LogP contribution in [0.3, 0.4) is 0 Å². The Morgan fingerprint density at radius 1 is 1.52 bits per heavy atom. The number of alkyl carbamates (subject to hydrolysis) is 1. The lowest BCUT2D eigenvalue weighted by molar-refractivity contribution is 0.0175. The van der Waals surface area contributed by atoms with Crippen LogP contribution in [0.4, 0.5) is 4.79 Å². The second kappa shape index (κ2) is 7.49. The van der Waals surface area contributed by atoms with Crippen LogP contribution in [0, 0.1) is 11.8 Å². The van der Waals surface area contributed by atoms with Gasteiger partial charge in [0.05, 0.1) is 18.8 Å². The van der Waals surface area contributed by atoms with E-state index in [4.69, 9.17) is 10.3 Å². The maximum atomic E-state index is 11.7. The van der Waals surface area contributed by atoms with Crippen molar-refractivity contribution < 1.29 is 19.7 Å². The molecule has 1 saturated carbocycles. The summed E-state index contributed by atoms with van der Waals surface area (Å²) in [5, 5.41) is 25.7. The first-order chi connectivity index (χ1) is 9.78. The molecule has 1 aliphatic rings. The quantitative estimate of drug-likeness (QED) is 0.374. The number of carbonyl (C=O) groups is 1. The van der Waals surface area contributed by atoms with E-state index in [1.54, 1.807) is 20.8 Å². The number of amides is 1. The predicted octanol–water partition coefficient (Wildman–Crippen LogP) is 1.57. The van der Waals surface area contributed by atoms with Gasteiger partial charge in [-0.25, -0.2) is 4.79 Å². The smallest absolute Gasteiger partial charge is 0.408 e. The lowest BCUT2D eigenvalue weighted by atomic mass is 9.92. The van der Waals surface area contributed by atoms with Crippen LogP contribution in [0.5, 0.6) is 0 Å². The van der Waals surface area contributed by atoms with Crippen molar-refractivity contribution >= 4 is 6.09 Å². The first kappa shape index (κ1) is 17.6. The van der Waals surface area contributed by atoms with Gasteiger partial charge in [0.15, 0.2) is 0 Å². The molecule has 0 aliphatic heterocycles. The van der Waals surface area contributed by atoms with Crippen LogP contribution in [0.25, 0.3) is 10.4 Å². The summed E-state index contributed by atoms with van der Waals surface area (Å²) in [5.74, 6) is -0.00651. The number of nitrogens with zero attached hydrogens (tertiary/aromatic N) is 3. The molecule has 3 N–H and O–H groups in total. The van der Waals surface area contributed by atoms with Gasteiger partial charge < -0.3 is 20.3 Å². The average Bonchev–Trinajstić information content (AvgIpc) is 3.18. The molecule has 0 aromatic heterocycles. The van der Waals surface area contributed by atoms with Gasteiger partial charge in [-0.05, 0) is 51.0 Å². The van der Waals surface area contributed by atoms with E-state index in [1.165, 1.54) is 0 Å². The highest BCUT2D eigenvalue weighted by Gasteiger charge is 2.39. The molecule has 120 valence electrons. The summed E-state index contributed by atoms with van der Waals surface area (Å²) in [4.78, 5) is 14.4.